The number of nitrogens with zero attached hydrogens (tertiary/aromatic N) is 5. The number of nitrogens with one attached hydrogen (secondary N) is 1. The SMILES string of the molecule is COc1ccc(OC)c(NC(=O)C(C)Sc2nnc(CN3CCCC3=O)n2-c2ccccn2)c1. The molecule has 4 rings (SSSR count). The second-order valence-electron chi connectivity index (χ2n) is 7.66. The molecule has 0 bridgehead atoms. The molecule has 34 heavy (non-hydrogen) atoms. The summed E-state index contributed by atoms with van der Waals surface area (Å²) in [6, 6.07) is 10.7. The van der Waals surface area contributed by atoms with Crippen LogP contribution in [0.25, 0.3) is 5.82 Å². The van der Waals surface area contributed by atoms with Crippen molar-refractivity contribution >= 4 is 29.3 Å². The van der Waals surface area contributed by atoms with Crippen molar-refractivity contribution in [2.75, 3.05) is 26.1 Å². The van der Waals surface area contributed by atoms with Gasteiger partial charge in [-0.15, -0.1) is 10.2 Å². The Kier molecular flexibility index (Phi) is 7.31. The smallest absolute Gasteiger partial charge is 0.237 e. The van der Waals surface area contributed by atoms with Crippen LogP contribution in [0, 0.1) is 0 Å². The molecular weight excluding hydrogens is 456 g/mol. The van der Waals surface area contributed by atoms with Crippen molar-refractivity contribution in [3.8, 4) is 17.3 Å². The van der Waals surface area contributed by atoms with Gasteiger partial charge in [0.1, 0.15) is 17.3 Å². The number of pyridine rings is 1. The Hall–Kier alpha value is -3.60. The van der Waals surface area contributed by atoms with Crippen molar-refractivity contribution in [1.29, 1.82) is 0 Å². The number of ether oxygens (including phenoxy) is 2. The van der Waals surface area contributed by atoms with Crippen LogP contribution in [0.5, 0.6) is 11.5 Å². The minimum Gasteiger partial charge on any atom is -0.497 e. The van der Waals surface area contributed by atoms with Crippen LogP contribution in [-0.4, -0.2) is 62.5 Å². The lowest BCUT2D eigenvalue weighted by Gasteiger charge is -2.17. The van der Waals surface area contributed by atoms with E-state index in [2.05, 4.69) is 20.5 Å². The Labute approximate surface area is 201 Å². The van der Waals surface area contributed by atoms with E-state index in [1.165, 1.54) is 18.9 Å². The summed E-state index contributed by atoms with van der Waals surface area (Å²) in [4.78, 5) is 31.4. The summed E-state index contributed by atoms with van der Waals surface area (Å²) >= 11 is 1.26. The maximum Gasteiger partial charge on any atom is 0.237 e. The van der Waals surface area contributed by atoms with E-state index in [0.717, 1.165) is 6.42 Å². The molecule has 3 heterocycles. The molecule has 1 N–H and O–H groups in total. The van der Waals surface area contributed by atoms with E-state index >= 15 is 0 Å². The van der Waals surface area contributed by atoms with E-state index in [-0.39, 0.29) is 11.8 Å². The number of carbonyl (C=O) groups excluding carboxylic acids is 2. The predicted molar refractivity (Wildman–Crippen MR) is 127 cm³/mol. The molecule has 1 aromatic carbocycles. The molecule has 0 saturated carbocycles. The highest BCUT2D eigenvalue weighted by atomic mass is 32.2. The number of methoxy groups -OCH3 is 2. The second kappa shape index (κ2) is 10.6. The summed E-state index contributed by atoms with van der Waals surface area (Å²) in [6.07, 6.45) is 3.06. The van der Waals surface area contributed by atoms with E-state index in [4.69, 9.17) is 9.47 Å². The number of anilines is 1. The molecule has 0 radical (unpaired) electrons. The Morgan fingerprint density at radius 3 is 2.74 bits per heavy atom. The van der Waals surface area contributed by atoms with Crippen LogP contribution in [0.4, 0.5) is 5.69 Å². The van der Waals surface area contributed by atoms with Gasteiger partial charge in [0.25, 0.3) is 0 Å². The van der Waals surface area contributed by atoms with Crippen molar-refractivity contribution in [2.45, 2.75) is 36.7 Å². The zero-order valence-corrected chi connectivity index (χ0v) is 20.0. The predicted octanol–water partition coefficient (Wildman–Crippen LogP) is 2.92. The van der Waals surface area contributed by atoms with Crippen molar-refractivity contribution in [3.63, 3.8) is 0 Å². The monoisotopic (exact) mass is 482 g/mol. The molecule has 2 amide bonds. The van der Waals surface area contributed by atoms with E-state index in [9.17, 15) is 9.59 Å². The molecule has 1 atom stereocenters. The molecule has 1 saturated heterocycles. The highest BCUT2D eigenvalue weighted by molar-refractivity contribution is 8.00. The lowest BCUT2D eigenvalue weighted by atomic mass is 10.2. The third kappa shape index (κ3) is 5.14. The first-order chi connectivity index (χ1) is 16.5. The summed E-state index contributed by atoms with van der Waals surface area (Å²) in [5.74, 6) is 2.22. The molecule has 10 nitrogen and oxygen atoms in total. The molecule has 1 aliphatic heterocycles. The van der Waals surface area contributed by atoms with Gasteiger partial charge in [-0.3, -0.25) is 14.2 Å². The van der Waals surface area contributed by atoms with Crippen molar-refractivity contribution in [2.24, 2.45) is 0 Å². The van der Waals surface area contributed by atoms with Gasteiger partial charge in [0.15, 0.2) is 11.0 Å². The Balaban J connectivity index is 1.56. The molecular formula is C23H26N6O4S. The van der Waals surface area contributed by atoms with E-state index in [1.807, 2.05) is 18.2 Å². The number of aromatic nitrogens is 4. The van der Waals surface area contributed by atoms with Crippen LogP contribution in [-0.2, 0) is 16.1 Å². The lowest BCUT2D eigenvalue weighted by molar-refractivity contribution is -0.128. The fraction of sp³-hybridized carbons (Fsp3) is 0.348. The summed E-state index contributed by atoms with van der Waals surface area (Å²) in [7, 11) is 3.10. The molecule has 0 spiro atoms. The first-order valence-corrected chi connectivity index (χ1v) is 11.7. The van der Waals surface area contributed by atoms with Gasteiger partial charge in [0.05, 0.1) is 31.7 Å². The molecule has 3 aromatic rings. The molecule has 1 unspecified atom stereocenters. The molecule has 1 fully saturated rings. The Bertz CT molecular complexity index is 1170. The van der Waals surface area contributed by atoms with Gasteiger partial charge in [-0.2, -0.15) is 0 Å². The second-order valence-corrected chi connectivity index (χ2v) is 8.96. The topological polar surface area (TPSA) is 111 Å². The standard InChI is InChI=1S/C23H26N6O4S/c1-15(22(31)25-17-13-16(32-2)9-10-18(17)33-3)34-23-27-26-20(14-28-12-6-8-21(28)30)29(23)19-7-4-5-11-24-19/h4-5,7,9-11,13,15H,6,8,12,14H2,1-3H3,(H,25,31). The average molecular weight is 483 g/mol. The maximum absolute atomic E-state index is 13.0. The van der Waals surface area contributed by atoms with Crippen molar-refractivity contribution in [1.82, 2.24) is 24.6 Å². The zero-order chi connectivity index (χ0) is 24.1. The van der Waals surface area contributed by atoms with E-state index < -0.39 is 5.25 Å². The summed E-state index contributed by atoms with van der Waals surface area (Å²) in [5, 5.41) is 11.6. The van der Waals surface area contributed by atoms with Gasteiger partial charge in [0, 0.05) is 25.2 Å². The van der Waals surface area contributed by atoms with Crippen molar-refractivity contribution in [3.05, 3.63) is 48.4 Å². The number of thioether (sulfide) groups is 1. The molecule has 178 valence electrons. The largest absolute Gasteiger partial charge is 0.497 e. The van der Waals surface area contributed by atoms with Gasteiger partial charge in [-0.1, -0.05) is 17.8 Å². The van der Waals surface area contributed by atoms with Crippen LogP contribution in [0.15, 0.2) is 47.8 Å². The van der Waals surface area contributed by atoms with Crippen LogP contribution in [0.2, 0.25) is 0 Å². The van der Waals surface area contributed by atoms with Crippen LogP contribution in [0.3, 0.4) is 0 Å². The number of hydrogen-bond donors (Lipinski definition) is 1. The van der Waals surface area contributed by atoms with Gasteiger partial charge in [-0.25, -0.2) is 4.98 Å². The lowest BCUT2D eigenvalue weighted by Crippen LogP contribution is -2.26. The van der Waals surface area contributed by atoms with Crippen LogP contribution in [0.1, 0.15) is 25.6 Å². The highest BCUT2D eigenvalue weighted by Crippen LogP contribution is 2.31. The van der Waals surface area contributed by atoms with Crippen LogP contribution < -0.4 is 14.8 Å². The Morgan fingerprint density at radius 2 is 2.06 bits per heavy atom. The number of likely N-dealkylation sites (tertiary alicyclic amines) is 1. The molecule has 11 heteroatoms. The fourth-order valence-corrected chi connectivity index (χ4v) is 4.47. The van der Waals surface area contributed by atoms with Crippen LogP contribution >= 0.6 is 11.8 Å². The molecule has 0 aliphatic carbocycles. The van der Waals surface area contributed by atoms with Gasteiger partial charge < -0.3 is 19.7 Å². The Morgan fingerprint density at radius 1 is 1.21 bits per heavy atom. The van der Waals surface area contributed by atoms with E-state index in [1.54, 1.807) is 47.9 Å². The molecule has 1 aliphatic rings. The van der Waals surface area contributed by atoms with Gasteiger partial charge in [0.2, 0.25) is 11.8 Å². The minimum absolute atomic E-state index is 0.102. The molecule has 2 aromatic heterocycles. The van der Waals surface area contributed by atoms with E-state index in [0.29, 0.717) is 53.5 Å². The number of carbonyl (C=O) groups is 2. The normalized spacial score (nSPS) is 14.2. The summed E-state index contributed by atoms with van der Waals surface area (Å²) < 4.78 is 12.4. The van der Waals surface area contributed by atoms with Crippen molar-refractivity contribution < 1.29 is 19.1 Å². The number of benzene rings is 1. The zero-order valence-electron chi connectivity index (χ0n) is 19.2. The highest BCUT2D eigenvalue weighted by Gasteiger charge is 2.26. The number of rotatable bonds is 9. The average Bonchev–Trinajstić information content (AvgIpc) is 3.45. The third-order valence-electron chi connectivity index (χ3n) is 5.40. The number of hydrogen-bond acceptors (Lipinski definition) is 8. The van der Waals surface area contributed by atoms with Gasteiger partial charge >= 0.3 is 0 Å². The third-order valence-corrected chi connectivity index (χ3v) is 6.44. The number of amides is 2. The maximum atomic E-state index is 13.0. The fourth-order valence-electron chi connectivity index (χ4n) is 3.59. The quantitative estimate of drug-likeness (QED) is 0.464. The summed E-state index contributed by atoms with van der Waals surface area (Å²) in [5.41, 5.74) is 0.513. The van der Waals surface area contributed by atoms with Gasteiger partial charge in [-0.05, 0) is 37.6 Å². The first-order valence-electron chi connectivity index (χ1n) is 10.8. The minimum atomic E-state index is -0.510. The first kappa shape index (κ1) is 23.6. The summed E-state index contributed by atoms with van der Waals surface area (Å²) in [6.45, 7) is 2.82.